The molecule has 2 rings (SSSR count). The van der Waals surface area contributed by atoms with E-state index in [2.05, 4.69) is 107 Å². The van der Waals surface area contributed by atoms with Crippen LogP contribution in [0.1, 0.15) is 272 Å². The topological polar surface area (TPSA) is 37.3 Å². The molecule has 0 aliphatic rings. The fourth-order valence-corrected chi connectivity index (χ4v) is 10.1. The van der Waals surface area contributed by atoms with Gasteiger partial charge in [0.2, 0.25) is 5.78 Å². The van der Waals surface area contributed by atoms with Gasteiger partial charge in [-0.3, -0.25) is 4.79 Å². The second-order valence-corrected chi connectivity index (χ2v) is 16.3. The first-order chi connectivity index (χ1) is 25.7. The molecule has 0 saturated carbocycles. The van der Waals surface area contributed by atoms with Crippen LogP contribution in [-0.4, -0.2) is 10.9 Å². The highest BCUT2D eigenvalue weighted by Crippen LogP contribution is 2.52. The molecule has 0 aromatic heterocycles. The molecule has 0 bridgehead atoms. The number of Topliss-reactive ketones (excluding diaryl/α,β-unsaturated/α-hetero) is 1. The van der Waals surface area contributed by atoms with E-state index in [0.717, 1.165) is 126 Å². The van der Waals surface area contributed by atoms with E-state index in [9.17, 15) is 5.11 Å². The van der Waals surface area contributed by atoms with Gasteiger partial charge in [0.15, 0.2) is 5.76 Å². The average molecular weight is 729 g/mol. The summed E-state index contributed by atoms with van der Waals surface area (Å²) in [4.78, 5) is 16.1. The zero-order valence-corrected chi connectivity index (χ0v) is 36.9. The number of carbonyl (C=O) groups excluding carboxylic acids is 1. The minimum atomic E-state index is -0.0946. The van der Waals surface area contributed by atoms with Crippen molar-refractivity contribution >= 4 is 11.4 Å². The molecule has 0 aliphatic heterocycles. The summed E-state index contributed by atoms with van der Waals surface area (Å²) in [5.41, 5.74) is 10.2. The van der Waals surface area contributed by atoms with Gasteiger partial charge in [0.05, 0.1) is 0 Å². The van der Waals surface area contributed by atoms with Crippen molar-refractivity contribution in [2.75, 3.05) is 0 Å². The molecule has 0 fully saturated rings. The van der Waals surface area contributed by atoms with E-state index in [4.69, 9.17) is 0 Å². The minimum Gasteiger partial charge on any atom is -0.504 e. The largest absolute Gasteiger partial charge is 0.504 e. The normalized spacial score (nSPS) is 15.8. The molecule has 0 saturated heterocycles. The van der Waals surface area contributed by atoms with Crippen molar-refractivity contribution in [3.63, 3.8) is 0 Å². The minimum absolute atomic E-state index is 0.00836. The maximum atomic E-state index is 16.1. The van der Waals surface area contributed by atoms with Gasteiger partial charge in [-0.25, -0.2) is 0 Å². The number of allylic oxidation sites excluding steroid dienone is 2. The second-order valence-electron chi connectivity index (χ2n) is 16.3. The third-order valence-electron chi connectivity index (χ3n) is 12.7. The monoisotopic (exact) mass is 729 g/mol. The van der Waals surface area contributed by atoms with Crippen molar-refractivity contribution < 1.29 is 9.90 Å². The van der Waals surface area contributed by atoms with Crippen molar-refractivity contribution in [3.8, 4) is 0 Å². The zero-order valence-electron chi connectivity index (χ0n) is 36.9. The molecule has 2 nitrogen and oxygen atoms in total. The number of carbonyl (C=O) groups is 1. The van der Waals surface area contributed by atoms with Crippen LogP contribution in [-0.2, 0) is 0 Å². The fourth-order valence-electron chi connectivity index (χ4n) is 10.1. The standard InChI is InChI=1S/C51H84O2/c1-13-28-36(19-7)43(42-34-26-25-27-35-42)50(52)51(53)49-47(40(23-11)32-17-5)45(38(21-9)30-15-3)44(37(20-8)29-14-2)46(39(22-10)31-16-4)48(49)41(24-12)33-18-6/h25-27,34-41,52H,13-24,28-33H2,1-12H3. The van der Waals surface area contributed by atoms with Crippen LogP contribution in [0.4, 0.5) is 0 Å². The summed E-state index contributed by atoms with van der Waals surface area (Å²) in [6, 6.07) is 10.4. The Kier molecular flexibility index (Phi) is 22.0. The van der Waals surface area contributed by atoms with Crippen molar-refractivity contribution in [3.05, 3.63) is 75.0 Å². The van der Waals surface area contributed by atoms with Crippen molar-refractivity contribution in [2.24, 2.45) is 5.92 Å². The lowest BCUT2D eigenvalue weighted by molar-refractivity contribution is 0.0974. The molecule has 6 atom stereocenters. The molecule has 300 valence electrons. The highest BCUT2D eigenvalue weighted by atomic mass is 16.3. The first-order valence-electron chi connectivity index (χ1n) is 23.0. The van der Waals surface area contributed by atoms with Crippen LogP contribution in [0.25, 0.3) is 5.57 Å². The Hall–Kier alpha value is -2.35. The van der Waals surface area contributed by atoms with E-state index in [1.54, 1.807) is 5.56 Å². The van der Waals surface area contributed by atoms with Crippen molar-refractivity contribution in [2.45, 2.75) is 228 Å². The van der Waals surface area contributed by atoms with E-state index in [-0.39, 0.29) is 29.3 Å². The lowest BCUT2D eigenvalue weighted by Gasteiger charge is -2.39. The van der Waals surface area contributed by atoms with Gasteiger partial charge in [0.1, 0.15) is 0 Å². The van der Waals surface area contributed by atoms with Crippen molar-refractivity contribution in [1.29, 1.82) is 0 Å². The first-order valence-corrected chi connectivity index (χ1v) is 23.0. The van der Waals surface area contributed by atoms with E-state index in [0.29, 0.717) is 17.8 Å². The lowest BCUT2D eigenvalue weighted by Crippen LogP contribution is -2.26. The molecular weight excluding hydrogens is 645 g/mol. The van der Waals surface area contributed by atoms with Gasteiger partial charge < -0.3 is 5.11 Å². The lowest BCUT2D eigenvalue weighted by atomic mass is 9.64. The average Bonchev–Trinajstić information content (AvgIpc) is 3.18. The molecule has 53 heavy (non-hydrogen) atoms. The Bertz CT molecular complexity index is 1310. The number of hydrogen-bond donors (Lipinski definition) is 1. The van der Waals surface area contributed by atoms with Gasteiger partial charge in [0.25, 0.3) is 0 Å². The second kappa shape index (κ2) is 24.9. The number of rotatable bonds is 27. The molecule has 0 amide bonds. The van der Waals surface area contributed by atoms with Gasteiger partial charge >= 0.3 is 0 Å². The third kappa shape index (κ3) is 11.4. The quantitative estimate of drug-likeness (QED) is 0.0565. The number of ketones is 1. The molecular formula is C51H84O2. The third-order valence-corrected chi connectivity index (χ3v) is 12.7. The van der Waals surface area contributed by atoms with Gasteiger partial charge in [-0.15, -0.1) is 0 Å². The van der Waals surface area contributed by atoms with E-state index in [1.165, 1.54) is 28.7 Å². The van der Waals surface area contributed by atoms with Crippen LogP contribution in [0.2, 0.25) is 0 Å². The van der Waals surface area contributed by atoms with Gasteiger partial charge in [-0.2, -0.15) is 0 Å². The van der Waals surface area contributed by atoms with Crippen LogP contribution in [0, 0.1) is 5.92 Å². The molecule has 6 unspecified atom stereocenters. The molecule has 2 aromatic rings. The highest BCUT2D eigenvalue weighted by Gasteiger charge is 2.39. The predicted octanol–water partition coefficient (Wildman–Crippen LogP) is 17.1. The highest BCUT2D eigenvalue weighted by molar-refractivity contribution is 6.14. The molecule has 2 heteroatoms. The van der Waals surface area contributed by atoms with Crippen LogP contribution in [0.15, 0.2) is 36.1 Å². The Labute approximate surface area is 329 Å². The van der Waals surface area contributed by atoms with Crippen LogP contribution >= 0.6 is 0 Å². The van der Waals surface area contributed by atoms with Crippen LogP contribution in [0.5, 0.6) is 0 Å². The summed E-state index contributed by atoms with van der Waals surface area (Å²) in [6.45, 7) is 28.0. The molecule has 0 heterocycles. The maximum Gasteiger partial charge on any atom is 0.228 e. The maximum absolute atomic E-state index is 16.1. The summed E-state index contributed by atoms with van der Waals surface area (Å²) >= 11 is 0. The zero-order chi connectivity index (χ0) is 39.5. The summed E-state index contributed by atoms with van der Waals surface area (Å²) < 4.78 is 0. The van der Waals surface area contributed by atoms with E-state index < -0.39 is 0 Å². The Balaban J connectivity index is 3.64. The van der Waals surface area contributed by atoms with Gasteiger partial charge in [-0.1, -0.05) is 152 Å². The Morgan fingerprint density at radius 3 is 1.08 bits per heavy atom. The van der Waals surface area contributed by atoms with Crippen LogP contribution < -0.4 is 0 Å². The molecule has 2 aromatic carbocycles. The SMILES string of the molecule is CCCC(CC)C(=C(O)C(=O)c1c(C(CC)CCC)c(C(CC)CCC)c(C(CC)CCC)c(C(CC)CCC)c1C(CC)CCC)c1ccccc1. The van der Waals surface area contributed by atoms with Crippen molar-refractivity contribution in [1.82, 2.24) is 0 Å². The molecule has 0 spiro atoms. The summed E-state index contributed by atoms with van der Waals surface area (Å²) in [7, 11) is 0. The molecule has 1 N–H and O–H groups in total. The Morgan fingerprint density at radius 2 is 0.774 bits per heavy atom. The summed E-state index contributed by atoms with van der Waals surface area (Å²) in [5, 5.41) is 12.8. The van der Waals surface area contributed by atoms with Gasteiger partial charge in [0, 0.05) is 11.1 Å². The van der Waals surface area contributed by atoms with Crippen LogP contribution in [0.3, 0.4) is 0 Å². The summed E-state index contributed by atoms with van der Waals surface area (Å²) in [5.74, 6) is 1.86. The Morgan fingerprint density at radius 1 is 0.453 bits per heavy atom. The summed E-state index contributed by atoms with van der Waals surface area (Å²) in [6.07, 6.45) is 19.3. The number of hydrogen-bond acceptors (Lipinski definition) is 2. The van der Waals surface area contributed by atoms with E-state index >= 15 is 4.79 Å². The first kappa shape index (κ1) is 46.8. The fraction of sp³-hybridized carbons (Fsp3) is 0.706. The van der Waals surface area contributed by atoms with E-state index in [1.807, 2.05) is 6.07 Å². The molecule has 0 aliphatic carbocycles. The number of aliphatic hydroxyl groups excluding tert-OH is 1. The number of benzene rings is 2. The number of aliphatic hydroxyl groups is 1. The predicted molar refractivity (Wildman–Crippen MR) is 235 cm³/mol. The van der Waals surface area contributed by atoms with Gasteiger partial charge in [-0.05, 0) is 146 Å². The molecule has 0 radical (unpaired) electrons. The smallest absolute Gasteiger partial charge is 0.228 e.